The molecule has 33 heavy (non-hydrogen) atoms. The van der Waals surface area contributed by atoms with Crippen LogP contribution in [0.3, 0.4) is 0 Å². The number of nitrogens with zero attached hydrogens (tertiary/aromatic N) is 5. The van der Waals surface area contributed by atoms with E-state index >= 15 is 0 Å². The van der Waals surface area contributed by atoms with E-state index in [2.05, 4.69) is 20.6 Å². The second kappa shape index (κ2) is 10.2. The van der Waals surface area contributed by atoms with Crippen molar-refractivity contribution in [3.63, 3.8) is 0 Å². The van der Waals surface area contributed by atoms with E-state index in [0.29, 0.717) is 66.5 Å². The summed E-state index contributed by atoms with van der Waals surface area (Å²) >= 11 is 0. The van der Waals surface area contributed by atoms with Gasteiger partial charge in [0, 0.05) is 58.2 Å². The third-order valence-corrected chi connectivity index (χ3v) is 5.45. The molecule has 0 radical (unpaired) electrons. The molecule has 170 valence electrons. The van der Waals surface area contributed by atoms with Crippen LogP contribution in [0.25, 0.3) is 11.2 Å². The molecule has 2 amide bonds. The van der Waals surface area contributed by atoms with Gasteiger partial charge < -0.3 is 15.0 Å². The first-order chi connectivity index (χ1) is 16.1. The number of fused-ring (bicyclic) bond motifs is 1. The van der Waals surface area contributed by atoms with E-state index in [9.17, 15) is 9.59 Å². The fourth-order valence-corrected chi connectivity index (χ4v) is 3.76. The SMILES string of the molecule is COCCCn1c(NC(=O)c2cccc(C#N)c2)nc2cc(C(=O)N3CCNCC3)cnc21. The first kappa shape index (κ1) is 22.4. The Morgan fingerprint density at radius 1 is 1.24 bits per heavy atom. The number of piperazine rings is 1. The van der Waals surface area contributed by atoms with Gasteiger partial charge in [0.05, 0.1) is 17.2 Å². The molecule has 1 aliphatic rings. The number of nitrogens with one attached hydrogen (secondary N) is 2. The third kappa shape index (κ3) is 5.00. The molecule has 0 spiro atoms. The van der Waals surface area contributed by atoms with Gasteiger partial charge in [-0.25, -0.2) is 9.97 Å². The lowest BCUT2D eigenvalue weighted by Crippen LogP contribution is -2.46. The summed E-state index contributed by atoms with van der Waals surface area (Å²) in [6.45, 7) is 3.88. The molecule has 0 atom stereocenters. The Balaban J connectivity index is 1.64. The van der Waals surface area contributed by atoms with Crippen LogP contribution in [0.4, 0.5) is 5.95 Å². The second-order valence-corrected chi connectivity index (χ2v) is 7.69. The van der Waals surface area contributed by atoms with Gasteiger partial charge in [-0.3, -0.25) is 19.5 Å². The predicted octanol–water partition coefficient (Wildman–Crippen LogP) is 1.64. The maximum absolute atomic E-state index is 12.9. The fraction of sp³-hybridized carbons (Fsp3) is 0.348. The van der Waals surface area contributed by atoms with Crippen molar-refractivity contribution in [2.75, 3.05) is 45.2 Å². The molecule has 0 aliphatic carbocycles. The van der Waals surface area contributed by atoms with E-state index in [0.717, 1.165) is 13.1 Å². The molecule has 1 aliphatic heterocycles. The van der Waals surface area contributed by atoms with Crippen molar-refractivity contribution < 1.29 is 14.3 Å². The minimum Gasteiger partial charge on any atom is -0.385 e. The van der Waals surface area contributed by atoms with Crippen LogP contribution in [0.2, 0.25) is 0 Å². The lowest BCUT2D eigenvalue weighted by atomic mass is 10.1. The molecule has 1 saturated heterocycles. The highest BCUT2D eigenvalue weighted by molar-refractivity contribution is 6.04. The lowest BCUT2D eigenvalue weighted by molar-refractivity contribution is 0.0735. The maximum atomic E-state index is 12.9. The van der Waals surface area contributed by atoms with E-state index in [-0.39, 0.29) is 11.8 Å². The summed E-state index contributed by atoms with van der Waals surface area (Å²) in [6.07, 6.45) is 2.25. The second-order valence-electron chi connectivity index (χ2n) is 7.69. The molecule has 0 bridgehead atoms. The average molecular weight is 447 g/mol. The van der Waals surface area contributed by atoms with Crippen LogP contribution >= 0.6 is 0 Å². The van der Waals surface area contributed by atoms with Crippen molar-refractivity contribution in [3.05, 3.63) is 53.2 Å². The molecule has 1 aromatic carbocycles. The summed E-state index contributed by atoms with van der Waals surface area (Å²) in [5.41, 5.74) is 2.31. The Labute approximate surface area is 191 Å². The van der Waals surface area contributed by atoms with Crippen molar-refractivity contribution >= 4 is 28.9 Å². The standard InChI is InChI=1S/C23H25N7O3/c1-33-11-3-8-30-20-19(13-18(15-26-20)22(32)29-9-6-25-7-10-29)27-23(30)28-21(31)17-5-2-4-16(12-17)14-24/h2,4-5,12-13,15,25H,3,6-11H2,1H3,(H,27,28,31). The molecule has 2 aromatic heterocycles. The van der Waals surface area contributed by atoms with Crippen LogP contribution in [-0.2, 0) is 11.3 Å². The quantitative estimate of drug-likeness (QED) is 0.528. The topological polar surface area (TPSA) is 125 Å². The number of methoxy groups -OCH3 is 1. The fourth-order valence-electron chi connectivity index (χ4n) is 3.76. The van der Waals surface area contributed by atoms with Gasteiger partial charge >= 0.3 is 0 Å². The van der Waals surface area contributed by atoms with Gasteiger partial charge in [0.15, 0.2) is 5.65 Å². The van der Waals surface area contributed by atoms with Crippen molar-refractivity contribution in [1.82, 2.24) is 24.8 Å². The Bertz CT molecular complexity index is 1210. The summed E-state index contributed by atoms with van der Waals surface area (Å²) in [7, 11) is 1.63. The first-order valence-electron chi connectivity index (χ1n) is 10.8. The Morgan fingerprint density at radius 2 is 2.06 bits per heavy atom. The Hall–Kier alpha value is -3.81. The van der Waals surface area contributed by atoms with Gasteiger partial charge in [0.2, 0.25) is 5.95 Å². The monoisotopic (exact) mass is 447 g/mol. The summed E-state index contributed by atoms with van der Waals surface area (Å²) in [5.74, 6) is -0.140. The molecule has 3 aromatic rings. The zero-order valence-electron chi connectivity index (χ0n) is 18.4. The van der Waals surface area contributed by atoms with Crippen LogP contribution in [0.1, 0.15) is 32.7 Å². The first-order valence-corrected chi connectivity index (χ1v) is 10.8. The number of pyridine rings is 1. The molecule has 10 heteroatoms. The normalized spacial score (nSPS) is 13.6. The largest absolute Gasteiger partial charge is 0.385 e. The summed E-state index contributed by atoms with van der Waals surface area (Å²) in [4.78, 5) is 36.6. The molecule has 2 N–H and O–H groups in total. The zero-order valence-corrected chi connectivity index (χ0v) is 18.4. The van der Waals surface area contributed by atoms with E-state index in [1.54, 1.807) is 47.0 Å². The number of ether oxygens (including phenoxy) is 1. The minimum absolute atomic E-state index is 0.0845. The highest BCUT2D eigenvalue weighted by Gasteiger charge is 2.21. The molecule has 3 heterocycles. The Kier molecular flexibility index (Phi) is 6.92. The number of carbonyl (C=O) groups is 2. The number of carbonyl (C=O) groups excluding carboxylic acids is 2. The number of hydrogen-bond donors (Lipinski definition) is 2. The van der Waals surface area contributed by atoms with Crippen molar-refractivity contribution in [2.24, 2.45) is 0 Å². The van der Waals surface area contributed by atoms with Gasteiger partial charge in [-0.15, -0.1) is 0 Å². The number of nitriles is 1. The van der Waals surface area contributed by atoms with Crippen LogP contribution < -0.4 is 10.6 Å². The lowest BCUT2D eigenvalue weighted by Gasteiger charge is -2.27. The van der Waals surface area contributed by atoms with Crippen molar-refractivity contribution in [1.29, 1.82) is 5.26 Å². The highest BCUT2D eigenvalue weighted by atomic mass is 16.5. The van der Waals surface area contributed by atoms with Crippen molar-refractivity contribution in [2.45, 2.75) is 13.0 Å². The summed E-state index contributed by atoms with van der Waals surface area (Å²) in [6, 6.07) is 10.2. The van der Waals surface area contributed by atoms with Gasteiger partial charge in [-0.05, 0) is 30.7 Å². The molecule has 4 rings (SSSR count). The van der Waals surface area contributed by atoms with Gasteiger partial charge in [-0.2, -0.15) is 5.26 Å². The summed E-state index contributed by atoms with van der Waals surface area (Å²) < 4.78 is 6.96. The number of aromatic nitrogens is 3. The van der Waals surface area contributed by atoms with Crippen LogP contribution in [0.15, 0.2) is 36.5 Å². The minimum atomic E-state index is -0.382. The maximum Gasteiger partial charge on any atom is 0.258 e. The van der Waals surface area contributed by atoms with Crippen LogP contribution in [-0.4, -0.2) is 71.1 Å². The van der Waals surface area contributed by atoms with E-state index in [4.69, 9.17) is 10.00 Å². The van der Waals surface area contributed by atoms with Gasteiger partial charge in [0.1, 0.15) is 5.52 Å². The predicted molar refractivity (Wildman–Crippen MR) is 122 cm³/mol. The molecule has 1 fully saturated rings. The van der Waals surface area contributed by atoms with Gasteiger partial charge in [0.25, 0.3) is 11.8 Å². The number of benzene rings is 1. The number of imidazole rings is 1. The smallest absolute Gasteiger partial charge is 0.258 e. The van der Waals surface area contributed by atoms with Crippen molar-refractivity contribution in [3.8, 4) is 6.07 Å². The number of anilines is 1. The van der Waals surface area contributed by atoms with E-state index in [1.807, 2.05) is 6.07 Å². The average Bonchev–Trinajstić information content (AvgIpc) is 3.20. The summed E-state index contributed by atoms with van der Waals surface area (Å²) in [5, 5.41) is 15.2. The zero-order chi connectivity index (χ0) is 23.2. The van der Waals surface area contributed by atoms with Crippen LogP contribution in [0.5, 0.6) is 0 Å². The molecular weight excluding hydrogens is 422 g/mol. The molecule has 10 nitrogen and oxygen atoms in total. The van der Waals surface area contributed by atoms with Crippen LogP contribution in [0, 0.1) is 11.3 Å². The van der Waals surface area contributed by atoms with E-state index in [1.165, 1.54) is 6.07 Å². The number of aryl methyl sites for hydroxylation is 1. The Morgan fingerprint density at radius 3 is 2.82 bits per heavy atom. The number of hydrogen-bond acceptors (Lipinski definition) is 7. The van der Waals surface area contributed by atoms with Gasteiger partial charge in [-0.1, -0.05) is 6.07 Å². The third-order valence-electron chi connectivity index (χ3n) is 5.45. The molecule has 0 saturated carbocycles. The number of amides is 2. The van der Waals surface area contributed by atoms with E-state index < -0.39 is 0 Å². The molecular formula is C23H25N7O3. The number of rotatable bonds is 7. The highest BCUT2D eigenvalue weighted by Crippen LogP contribution is 2.21. The molecule has 0 unspecified atom stereocenters.